The van der Waals surface area contributed by atoms with Gasteiger partial charge in [-0.15, -0.1) is 0 Å². The van der Waals surface area contributed by atoms with Crippen LogP contribution in [-0.2, 0) is 14.6 Å². The first-order valence-corrected chi connectivity index (χ1v) is 8.00. The Bertz CT molecular complexity index is 625. The molecule has 0 aliphatic heterocycles. The van der Waals surface area contributed by atoms with E-state index in [1.807, 2.05) is 0 Å². The van der Waals surface area contributed by atoms with Gasteiger partial charge in [-0.3, -0.25) is 4.79 Å². The summed E-state index contributed by atoms with van der Waals surface area (Å²) in [5.74, 6) is -1.17. The summed E-state index contributed by atoms with van der Waals surface area (Å²) in [7, 11) is -1.98. The summed E-state index contributed by atoms with van der Waals surface area (Å²) in [5, 5.41) is 8.42. The molecule has 1 aromatic carbocycles. The number of aliphatic carboxylic acids is 1. The first-order valence-electron chi connectivity index (χ1n) is 6.05. The Morgan fingerprint density at radius 3 is 2.25 bits per heavy atom. The summed E-state index contributed by atoms with van der Waals surface area (Å²) >= 11 is 0. The summed E-state index contributed by atoms with van der Waals surface area (Å²) in [4.78, 5) is 11.5. The average Bonchev–Trinajstić information content (AvgIpc) is 3.09. The van der Waals surface area contributed by atoms with Gasteiger partial charge in [0.15, 0.2) is 9.84 Å². The number of carboxylic acid groups (broad SMARTS) is 1. The molecule has 110 valence electrons. The van der Waals surface area contributed by atoms with E-state index in [1.54, 1.807) is 24.3 Å². The zero-order valence-electron chi connectivity index (χ0n) is 11.2. The number of hydrogen-bond acceptors (Lipinski definition) is 5. The van der Waals surface area contributed by atoms with Crippen molar-refractivity contribution in [2.45, 2.75) is 11.2 Å². The third-order valence-electron chi connectivity index (χ3n) is 3.93. The summed E-state index contributed by atoms with van der Waals surface area (Å²) in [5.41, 5.74) is 4.79. The highest BCUT2D eigenvalue weighted by Crippen LogP contribution is 2.62. The predicted molar refractivity (Wildman–Crippen MR) is 73.5 cm³/mol. The van der Waals surface area contributed by atoms with E-state index >= 15 is 0 Å². The smallest absolute Gasteiger partial charge is 0.312 e. The van der Waals surface area contributed by atoms with Gasteiger partial charge in [0.1, 0.15) is 11.2 Å². The summed E-state index contributed by atoms with van der Waals surface area (Å²) in [6, 6.07) is 6.72. The maximum Gasteiger partial charge on any atom is 0.312 e. The van der Waals surface area contributed by atoms with Gasteiger partial charge < -0.3 is 15.6 Å². The molecule has 0 saturated heterocycles. The number of rotatable bonds is 5. The van der Waals surface area contributed by atoms with Crippen molar-refractivity contribution in [3.8, 4) is 5.75 Å². The molecule has 3 N–H and O–H groups in total. The SMILES string of the molecule is COc1ccc([C@@H]2[C@@H](S(C)(=O)=O)[C@@]2(CN)C(=O)O)cc1. The maximum atomic E-state index is 11.8. The fraction of sp³-hybridized carbons (Fsp3) is 0.462. The van der Waals surface area contributed by atoms with Gasteiger partial charge in [-0.25, -0.2) is 8.42 Å². The summed E-state index contributed by atoms with van der Waals surface area (Å²) in [6.45, 7) is -0.212. The molecule has 0 spiro atoms. The van der Waals surface area contributed by atoms with Gasteiger partial charge in [0.25, 0.3) is 0 Å². The lowest BCUT2D eigenvalue weighted by atomic mass is 9.99. The lowest BCUT2D eigenvalue weighted by Crippen LogP contribution is -2.31. The molecule has 1 fully saturated rings. The second kappa shape index (κ2) is 4.75. The lowest BCUT2D eigenvalue weighted by molar-refractivity contribution is -0.143. The molecule has 0 heterocycles. The molecular weight excluding hydrogens is 282 g/mol. The highest BCUT2D eigenvalue weighted by molar-refractivity contribution is 7.91. The van der Waals surface area contributed by atoms with E-state index in [2.05, 4.69) is 0 Å². The fourth-order valence-electron chi connectivity index (χ4n) is 2.90. The molecule has 0 unspecified atom stereocenters. The molecule has 20 heavy (non-hydrogen) atoms. The van der Waals surface area contributed by atoms with Crippen LogP contribution in [0.1, 0.15) is 11.5 Å². The lowest BCUT2D eigenvalue weighted by Gasteiger charge is -2.09. The number of methoxy groups -OCH3 is 1. The van der Waals surface area contributed by atoms with Crippen LogP contribution in [0.15, 0.2) is 24.3 Å². The monoisotopic (exact) mass is 299 g/mol. The fourth-order valence-corrected chi connectivity index (χ4v) is 4.83. The molecule has 1 saturated carbocycles. The predicted octanol–water partition coefficient (Wildman–Crippen LogP) is 0.235. The molecule has 1 aliphatic carbocycles. The third-order valence-corrected chi connectivity index (χ3v) is 5.54. The van der Waals surface area contributed by atoms with Gasteiger partial charge >= 0.3 is 5.97 Å². The van der Waals surface area contributed by atoms with Gasteiger partial charge in [0.2, 0.25) is 0 Å². The van der Waals surface area contributed by atoms with Crippen LogP contribution in [0.4, 0.5) is 0 Å². The van der Waals surface area contributed by atoms with E-state index in [0.29, 0.717) is 11.3 Å². The molecule has 0 radical (unpaired) electrons. The molecule has 3 atom stereocenters. The second-order valence-corrected chi connectivity index (χ2v) is 7.22. The minimum atomic E-state index is -3.50. The van der Waals surface area contributed by atoms with Crippen molar-refractivity contribution in [3.63, 3.8) is 0 Å². The normalized spacial score (nSPS) is 28.9. The van der Waals surface area contributed by atoms with E-state index in [-0.39, 0.29) is 6.54 Å². The Kier molecular flexibility index (Phi) is 3.51. The van der Waals surface area contributed by atoms with Crippen molar-refractivity contribution in [1.29, 1.82) is 0 Å². The molecule has 7 heteroatoms. The molecule has 1 aliphatic rings. The van der Waals surface area contributed by atoms with Gasteiger partial charge in [-0.2, -0.15) is 0 Å². The van der Waals surface area contributed by atoms with Crippen molar-refractivity contribution in [2.24, 2.45) is 11.1 Å². The largest absolute Gasteiger partial charge is 0.497 e. The number of benzene rings is 1. The number of hydrogen-bond donors (Lipinski definition) is 2. The second-order valence-electron chi connectivity index (χ2n) is 5.05. The number of carbonyl (C=O) groups is 1. The van der Waals surface area contributed by atoms with Crippen LogP contribution in [0.25, 0.3) is 0 Å². The van der Waals surface area contributed by atoms with Crippen molar-refractivity contribution < 1.29 is 23.1 Å². The van der Waals surface area contributed by atoms with Crippen LogP contribution in [0.2, 0.25) is 0 Å². The first-order chi connectivity index (χ1) is 9.29. The molecular formula is C13H17NO5S. The molecule has 2 rings (SSSR count). The highest BCUT2D eigenvalue weighted by atomic mass is 32.2. The van der Waals surface area contributed by atoms with Crippen LogP contribution >= 0.6 is 0 Å². The number of nitrogens with two attached hydrogens (primary N) is 1. The van der Waals surface area contributed by atoms with Crippen molar-refractivity contribution in [1.82, 2.24) is 0 Å². The highest BCUT2D eigenvalue weighted by Gasteiger charge is 2.74. The van der Waals surface area contributed by atoms with Crippen molar-refractivity contribution in [2.75, 3.05) is 19.9 Å². The Morgan fingerprint density at radius 2 is 1.95 bits per heavy atom. The van der Waals surface area contributed by atoms with Crippen LogP contribution in [0, 0.1) is 5.41 Å². The zero-order valence-corrected chi connectivity index (χ0v) is 12.1. The van der Waals surface area contributed by atoms with Gasteiger partial charge in [0.05, 0.1) is 12.4 Å². The Hall–Kier alpha value is -1.60. The summed E-state index contributed by atoms with van der Waals surface area (Å²) in [6.07, 6.45) is 1.05. The quantitative estimate of drug-likeness (QED) is 0.806. The van der Waals surface area contributed by atoms with Gasteiger partial charge in [-0.05, 0) is 17.7 Å². The van der Waals surface area contributed by atoms with E-state index < -0.39 is 32.4 Å². The van der Waals surface area contributed by atoms with Gasteiger partial charge in [-0.1, -0.05) is 12.1 Å². The minimum absolute atomic E-state index is 0.212. The third kappa shape index (κ3) is 2.06. The van der Waals surface area contributed by atoms with E-state index in [1.165, 1.54) is 7.11 Å². The average molecular weight is 299 g/mol. The Morgan fingerprint density at radius 1 is 1.40 bits per heavy atom. The topological polar surface area (TPSA) is 107 Å². The van der Waals surface area contributed by atoms with E-state index in [4.69, 9.17) is 10.5 Å². The molecule has 6 nitrogen and oxygen atoms in total. The molecule has 0 aromatic heterocycles. The summed E-state index contributed by atoms with van der Waals surface area (Å²) < 4.78 is 28.7. The Balaban J connectivity index is 2.46. The van der Waals surface area contributed by atoms with Crippen LogP contribution < -0.4 is 10.5 Å². The van der Waals surface area contributed by atoms with E-state index in [0.717, 1.165) is 6.26 Å². The van der Waals surface area contributed by atoms with Crippen molar-refractivity contribution >= 4 is 15.8 Å². The number of sulfone groups is 1. The standard InChI is InChI=1S/C13H17NO5S/c1-19-9-5-3-8(4-6-9)10-11(20(2,17)18)13(10,7-14)12(15)16/h3-6,10-11H,7,14H2,1-2H3,(H,15,16)/t10-,11-,13+/m1/s1. The molecule has 0 amide bonds. The zero-order chi connectivity index (χ0) is 15.1. The minimum Gasteiger partial charge on any atom is -0.497 e. The first kappa shape index (κ1) is 14.8. The van der Waals surface area contributed by atoms with Crippen LogP contribution in [0.5, 0.6) is 5.75 Å². The molecule has 1 aromatic rings. The van der Waals surface area contributed by atoms with Crippen LogP contribution in [0.3, 0.4) is 0 Å². The Labute approximate surface area is 117 Å². The van der Waals surface area contributed by atoms with E-state index in [9.17, 15) is 18.3 Å². The molecule has 0 bridgehead atoms. The van der Waals surface area contributed by atoms with Gasteiger partial charge in [0, 0.05) is 18.7 Å². The van der Waals surface area contributed by atoms with Crippen LogP contribution in [-0.4, -0.2) is 44.7 Å². The number of ether oxygens (including phenoxy) is 1. The maximum absolute atomic E-state index is 11.8. The number of carboxylic acids is 1. The van der Waals surface area contributed by atoms with Crippen molar-refractivity contribution in [3.05, 3.63) is 29.8 Å².